The highest BCUT2D eigenvalue weighted by atomic mass is 35.5. The maximum absolute atomic E-state index is 12.8. The van der Waals surface area contributed by atoms with E-state index in [-0.39, 0.29) is 28.8 Å². The minimum absolute atomic E-state index is 0.0193. The van der Waals surface area contributed by atoms with Crippen LogP contribution in [0.3, 0.4) is 0 Å². The van der Waals surface area contributed by atoms with Crippen molar-refractivity contribution in [2.75, 3.05) is 30.9 Å². The lowest BCUT2D eigenvalue weighted by Gasteiger charge is -2.22. The van der Waals surface area contributed by atoms with Crippen LogP contribution in [-0.2, 0) is 4.79 Å². The number of nitriles is 1. The van der Waals surface area contributed by atoms with Gasteiger partial charge in [-0.05, 0) is 25.1 Å². The molecule has 34 heavy (non-hydrogen) atoms. The number of halogens is 1. The summed E-state index contributed by atoms with van der Waals surface area (Å²) in [5.74, 6) is 0.164. The number of aldehydes is 1. The van der Waals surface area contributed by atoms with E-state index in [9.17, 15) is 19.5 Å². The van der Waals surface area contributed by atoms with Crippen LogP contribution in [0.2, 0.25) is 5.02 Å². The van der Waals surface area contributed by atoms with Crippen LogP contribution in [0.4, 0.5) is 16.4 Å². The van der Waals surface area contributed by atoms with Crippen LogP contribution in [0.15, 0.2) is 30.7 Å². The zero-order valence-corrected chi connectivity index (χ0v) is 19.2. The number of rotatable bonds is 7. The number of hydrogen-bond acceptors (Lipinski definition) is 7. The molecule has 12 nitrogen and oxygen atoms in total. The van der Waals surface area contributed by atoms with Gasteiger partial charge in [0.05, 0.1) is 23.6 Å². The molecule has 2 heterocycles. The second-order valence-corrected chi connectivity index (χ2v) is 7.72. The molecule has 0 aliphatic rings. The number of hydrogen-bond donors (Lipinski definition) is 3. The minimum atomic E-state index is -0.867. The molecule has 1 aromatic carbocycles. The predicted octanol–water partition coefficient (Wildman–Crippen LogP) is 2.66. The van der Waals surface area contributed by atoms with Gasteiger partial charge in [-0.15, -0.1) is 0 Å². The summed E-state index contributed by atoms with van der Waals surface area (Å²) in [6.45, 7) is 1.42. The first-order valence-corrected chi connectivity index (χ1v) is 10.3. The standard InChI is InChI=1S/C21H21ClN8O4/c1-12(30-11-25-19(15(30)10-31)29(3)21(34)28(2)7-6-23)20(33)27-17-9-24-18(26-17)13-4-5-14(22)16(32)8-13/h4-5,8-12,32H,7H2,1-3H3,(H,24,26)(H,27,33). The van der Waals surface area contributed by atoms with Crippen molar-refractivity contribution < 1.29 is 19.5 Å². The van der Waals surface area contributed by atoms with Gasteiger partial charge in [-0.25, -0.2) is 14.8 Å². The summed E-state index contributed by atoms with van der Waals surface area (Å²) in [6.07, 6.45) is 3.19. The van der Waals surface area contributed by atoms with E-state index < -0.39 is 18.0 Å². The van der Waals surface area contributed by atoms with E-state index >= 15 is 0 Å². The van der Waals surface area contributed by atoms with Crippen molar-refractivity contribution in [1.82, 2.24) is 24.4 Å². The number of carbonyl (C=O) groups excluding carboxylic acids is 3. The number of phenolic OH excluding ortho intramolecular Hbond substituents is 1. The van der Waals surface area contributed by atoms with Gasteiger partial charge in [0.15, 0.2) is 12.1 Å². The Morgan fingerprint density at radius 3 is 2.76 bits per heavy atom. The van der Waals surface area contributed by atoms with Gasteiger partial charge in [0.25, 0.3) is 0 Å². The molecule has 3 rings (SSSR count). The number of H-pyrrole nitrogens is 1. The molecule has 3 N–H and O–H groups in total. The number of nitrogens with zero attached hydrogens (tertiary/aromatic N) is 6. The summed E-state index contributed by atoms with van der Waals surface area (Å²) in [7, 11) is 2.86. The van der Waals surface area contributed by atoms with Crippen molar-refractivity contribution in [2.45, 2.75) is 13.0 Å². The Morgan fingerprint density at radius 2 is 2.12 bits per heavy atom. The Morgan fingerprint density at radius 1 is 1.38 bits per heavy atom. The number of imidazole rings is 2. The molecule has 2 aromatic heterocycles. The van der Waals surface area contributed by atoms with E-state index in [2.05, 4.69) is 20.3 Å². The second-order valence-electron chi connectivity index (χ2n) is 7.31. The Kier molecular flexibility index (Phi) is 7.18. The summed E-state index contributed by atoms with van der Waals surface area (Å²) < 4.78 is 1.33. The first-order chi connectivity index (χ1) is 16.2. The fraction of sp³-hybridized carbons (Fsp3) is 0.238. The number of benzene rings is 1. The van der Waals surface area contributed by atoms with E-state index in [0.717, 1.165) is 4.90 Å². The fourth-order valence-electron chi connectivity index (χ4n) is 3.12. The zero-order valence-electron chi connectivity index (χ0n) is 18.5. The molecule has 0 radical (unpaired) electrons. The lowest BCUT2D eigenvalue weighted by Crippen LogP contribution is -2.39. The van der Waals surface area contributed by atoms with Crippen molar-refractivity contribution in [3.63, 3.8) is 0 Å². The number of phenols is 1. The maximum Gasteiger partial charge on any atom is 0.326 e. The monoisotopic (exact) mass is 484 g/mol. The number of carbonyl (C=O) groups is 3. The molecule has 0 saturated heterocycles. The minimum Gasteiger partial charge on any atom is -0.506 e. The predicted molar refractivity (Wildman–Crippen MR) is 124 cm³/mol. The molecule has 3 aromatic rings. The average Bonchev–Trinajstić information content (AvgIpc) is 3.46. The highest BCUT2D eigenvalue weighted by molar-refractivity contribution is 6.32. The molecular weight excluding hydrogens is 464 g/mol. The van der Waals surface area contributed by atoms with Gasteiger partial charge < -0.3 is 24.9 Å². The third kappa shape index (κ3) is 4.84. The van der Waals surface area contributed by atoms with E-state index in [1.54, 1.807) is 13.0 Å². The topological polar surface area (TPSA) is 160 Å². The number of aromatic hydroxyl groups is 1. The second kappa shape index (κ2) is 10.1. The number of aromatic nitrogens is 4. The summed E-state index contributed by atoms with van der Waals surface area (Å²) in [6, 6.07) is 5.07. The average molecular weight is 485 g/mol. The fourth-order valence-corrected chi connectivity index (χ4v) is 3.23. The summed E-state index contributed by atoms with van der Waals surface area (Å²) in [4.78, 5) is 50.6. The Bertz CT molecular complexity index is 1280. The largest absolute Gasteiger partial charge is 0.506 e. The third-order valence-corrected chi connectivity index (χ3v) is 5.33. The molecule has 3 amide bonds. The highest BCUT2D eigenvalue weighted by Gasteiger charge is 2.26. The molecule has 1 atom stereocenters. The summed E-state index contributed by atoms with van der Waals surface area (Å²) in [5, 5.41) is 21.4. The quantitative estimate of drug-likeness (QED) is 0.343. The molecule has 0 fully saturated rings. The van der Waals surface area contributed by atoms with Crippen LogP contribution in [-0.4, -0.2) is 68.4 Å². The van der Waals surface area contributed by atoms with Crippen LogP contribution < -0.4 is 10.2 Å². The number of anilines is 2. The number of amides is 3. The molecule has 0 spiro atoms. The van der Waals surface area contributed by atoms with Crippen molar-refractivity contribution in [3.05, 3.63) is 41.4 Å². The van der Waals surface area contributed by atoms with Gasteiger partial charge in [0.2, 0.25) is 5.91 Å². The van der Waals surface area contributed by atoms with Gasteiger partial charge in [-0.2, -0.15) is 5.26 Å². The highest BCUT2D eigenvalue weighted by Crippen LogP contribution is 2.29. The Balaban J connectivity index is 1.77. The molecule has 176 valence electrons. The van der Waals surface area contributed by atoms with E-state index in [1.807, 2.05) is 6.07 Å². The molecule has 0 aliphatic carbocycles. The van der Waals surface area contributed by atoms with Crippen LogP contribution in [0, 0.1) is 11.3 Å². The van der Waals surface area contributed by atoms with Gasteiger partial charge in [0, 0.05) is 19.7 Å². The van der Waals surface area contributed by atoms with Gasteiger partial charge in [-0.1, -0.05) is 11.6 Å². The third-order valence-electron chi connectivity index (χ3n) is 5.01. The van der Waals surface area contributed by atoms with Crippen LogP contribution >= 0.6 is 11.6 Å². The number of urea groups is 1. The first kappa shape index (κ1) is 24.3. The van der Waals surface area contributed by atoms with Crippen molar-refractivity contribution >= 4 is 41.5 Å². The number of nitrogens with one attached hydrogen (secondary N) is 2. The molecular formula is C21H21ClN8O4. The summed E-state index contributed by atoms with van der Waals surface area (Å²) in [5.41, 5.74) is 0.581. The molecule has 0 bridgehead atoms. The van der Waals surface area contributed by atoms with Crippen molar-refractivity contribution in [1.29, 1.82) is 5.26 Å². The van der Waals surface area contributed by atoms with Gasteiger partial charge in [-0.3, -0.25) is 14.5 Å². The van der Waals surface area contributed by atoms with Crippen LogP contribution in [0.25, 0.3) is 11.4 Å². The van der Waals surface area contributed by atoms with Gasteiger partial charge in [0.1, 0.15) is 35.7 Å². The van der Waals surface area contributed by atoms with E-state index in [4.69, 9.17) is 16.9 Å². The van der Waals surface area contributed by atoms with Crippen LogP contribution in [0.5, 0.6) is 5.75 Å². The maximum atomic E-state index is 12.8. The van der Waals surface area contributed by atoms with Crippen LogP contribution in [0.1, 0.15) is 23.5 Å². The molecule has 13 heteroatoms. The van der Waals surface area contributed by atoms with Crippen molar-refractivity contribution in [3.8, 4) is 23.2 Å². The zero-order chi connectivity index (χ0) is 25.0. The Hall–Kier alpha value is -4.37. The molecule has 1 unspecified atom stereocenters. The SMILES string of the molecule is CC(C(=O)Nc1cnc(-c2ccc(Cl)c(O)c2)[nH]1)n1cnc(N(C)C(=O)N(C)CC#N)c1C=O. The molecule has 0 aliphatic heterocycles. The Labute approximate surface area is 199 Å². The smallest absolute Gasteiger partial charge is 0.326 e. The van der Waals surface area contributed by atoms with E-state index in [1.165, 1.54) is 48.2 Å². The lowest BCUT2D eigenvalue weighted by atomic mass is 10.2. The van der Waals surface area contributed by atoms with Crippen molar-refractivity contribution in [2.24, 2.45) is 0 Å². The van der Waals surface area contributed by atoms with Gasteiger partial charge >= 0.3 is 6.03 Å². The van der Waals surface area contributed by atoms with E-state index in [0.29, 0.717) is 23.5 Å². The molecule has 0 saturated carbocycles. The first-order valence-electron chi connectivity index (χ1n) is 9.90. The lowest BCUT2D eigenvalue weighted by molar-refractivity contribution is -0.118. The summed E-state index contributed by atoms with van der Waals surface area (Å²) >= 11 is 5.82. The normalized spacial score (nSPS) is 11.4. The number of aromatic amines is 1.